The van der Waals surface area contributed by atoms with E-state index in [2.05, 4.69) is 10.3 Å². The fourth-order valence-corrected chi connectivity index (χ4v) is 2.97. The Balaban J connectivity index is 2.10. The van der Waals surface area contributed by atoms with E-state index in [0.29, 0.717) is 16.4 Å². The zero-order valence-electron chi connectivity index (χ0n) is 14.1. The van der Waals surface area contributed by atoms with Gasteiger partial charge in [0.05, 0.1) is 18.0 Å². The van der Waals surface area contributed by atoms with Crippen LogP contribution in [0.4, 0.5) is 5.69 Å². The summed E-state index contributed by atoms with van der Waals surface area (Å²) in [5, 5.41) is 22.6. The van der Waals surface area contributed by atoms with E-state index >= 15 is 0 Å². The van der Waals surface area contributed by atoms with Crippen molar-refractivity contribution in [3.05, 3.63) is 57.9 Å². The van der Waals surface area contributed by atoms with Crippen LogP contribution in [-0.4, -0.2) is 32.1 Å². The molecule has 1 saturated heterocycles. The van der Waals surface area contributed by atoms with Gasteiger partial charge in [-0.05, 0) is 49.5 Å². The number of hydrogen-bond donors (Lipinski definition) is 3. The quantitative estimate of drug-likeness (QED) is 0.412. The maximum absolute atomic E-state index is 12.9. The van der Waals surface area contributed by atoms with Gasteiger partial charge >= 0.3 is 0 Å². The Morgan fingerprint density at radius 2 is 1.96 bits per heavy atom. The number of aromatic hydroxyl groups is 1. The Kier molecular flexibility index (Phi) is 5.22. The molecule has 0 atom stereocenters. The maximum atomic E-state index is 12.9. The Morgan fingerprint density at radius 1 is 1.30 bits per heavy atom. The van der Waals surface area contributed by atoms with Gasteiger partial charge in [0.25, 0.3) is 11.8 Å². The van der Waals surface area contributed by atoms with Crippen molar-refractivity contribution >= 4 is 52.5 Å². The summed E-state index contributed by atoms with van der Waals surface area (Å²) < 4.78 is 0. The number of hydrogen-bond acceptors (Lipinski definition) is 6. The number of thiocarbonyl (C=S) groups is 1. The number of rotatable bonds is 3. The monoisotopic (exact) mass is 403 g/mol. The second-order valence-corrected chi connectivity index (χ2v) is 6.55. The van der Waals surface area contributed by atoms with Crippen LogP contribution in [0.25, 0.3) is 6.08 Å². The molecule has 0 spiro atoms. The second kappa shape index (κ2) is 7.43. The highest BCUT2D eigenvalue weighted by Gasteiger charge is 2.34. The van der Waals surface area contributed by atoms with Crippen LogP contribution in [0.1, 0.15) is 16.8 Å². The molecule has 1 aromatic heterocycles. The van der Waals surface area contributed by atoms with Crippen molar-refractivity contribution in [2.24, 2.45) is 0 Å². The summed E-state index contributed by atoms with van der Waals surface area (Å²) in [5.41, 5.74) is 0.907. The summed E-state index contributed by atoms with van der Waals surface area (Å²) >= 11 is 11.0. The number of anilines is 1. The van der Waals surface area contributed by atoms with Gasteiger partial charge in [-0.15, -0.1) is 0 Å². The van der Waals surface area contributed by atoms with Gasteiger partial charge in [0.15, 0.2) is 5.11 Å². The highest BCUT2D eigenvalue weighted by Crippen LogP contribution is 2.29. The van der Waals surface area contributed by atoms with E-state index in [4.69, 9.17) is 23.8 Å². The highest BCUT2D eigenvalue weighted by molar-refractivity contribution is 7.80. The number of halogens is 1. The van der Waals surface area contributed by atoms with Crippen molar-refractivity contribution in [3.63, 3.8) is 0 Å². The van der Waals surface area contributed by atoms with Gasteiger partial charge in [0, 0.05) is 22.3 Å². The van der Waals surface area contributed by atoms with Crippen LogP contribution in [0.15, 0.2) is 36.0 Å². The third-order valence-electron chi connectivity index (χ3n) is 4.00. The highest BCUT2D eigenvalue weighted by atomic mass is 35.5. The normalized spacial score (nSPS) is 16.0. The summed E-state index contributed by atoms with van der Waals surface area (Å²) in [6.07, 6.45) is 2.59. The zero-order valence-corrected chi connectivity index (χ0v) is 15.6. The molecular weight excluding hydrogens is 390 g/mol. The number of carbonyl (C=O) groups is 2. The minimum atomic E-state index is -0.701. The summed E-state index contributed by atoms with van der Waals surface area (Å²) in [4.78, 5) is 30.4. The van der Waals surface area contributed by atoms with Crippen molar-refractivity contribution in [1.29, 1.82) is 0 Å². The van der Waals surface area contributed by atoms with Gasteiger partial charge in [0.1, 0.15) is 11.3 Å². The molecule has 1 fully saturated rings. The summed E-state index contributed by atoms with van der Waals surface area (Å²) in [6, 6.07) is 6.37. The van der Waals surface area contributed by atoms with E-state index in [1.54, 1.807) is 31.2 Å². The largest absolute Gasteiger partial charge is 0.505 e. The fraction of sp³-hybridized carbons (Fsp3) is 0.111. The topological polar surface area (TPSA) is 103 Å². The Hall–Kier alpha value is -2.81. The molecule has 0 bridgehead atoms. The molecule has 9 heteroatoms. The number of aliphatic hydroxyl groups is 1. The van der Waals surface area contributed by atoms with Crippen LogP contribution < -0.4 is 10.2 Å². The number of aromatic nitrogens is 1. The molecule has 2 amide bonds. The van der Waals surface area contributed by atoms with E-state index in [9.17, 15) is 19.8 Å². The smallest absolute Gasteiger partial charge is 0.270 e. The molecule has 138 valence electrons. The fourth-order valence-electron chi connectivity index (χ4n) is 2.57. The van der Waals surface area contributed by atoms with Crippen molar-refractivity contribution in [3.8, 4) is 5.75 Å². The van der Waals surface area contributed by atoms with Crippen molar-refractivity contribution < 1.29 is 19.8 Å². The molecule has 27 heavy (non-hydrogen) atoms. The maximum Gasteiger partial charge on any atom is 0.270 e. The number of carbonyl (C=O) groups excluding carboxylic acids is 2. The predicted octanol–water partition coefficient (Wildman–Crippen LogP) is 2.07. The lowest BCUT2D eigenvalue weighted by molar-refractivity contribution is -0.122. The van der Waals surface area contributed by atoms with E-state index < -0.39 is 18.4 Å². The minimum Gasteiger partial charge on any atom is -0.505 e. The first-order valence-corrected chi connectivity index (χ1v) is 8.57. The van der Waals surface area contributed by atoms with E-state index in [-0.39, 0.29) is 27.6 Å². The third-order valence-corrected chi connectivity index (χ3v) is 4.54. The summed E-state index contributed by atoms with van der Waals surface area (Å²) in [6.45, 7) is 1.14. The molecule has 1 aromatic carbocycles. The van der Waals surface area contributed by atoms with Crippen molar-refractivity contribution in [2.75, 3.05) is 4.90 Å². The lowest BCUT2D eigenvalue weighted by atomic mass is 10.0. The first kappa shape index (κ1) is 19.0. The Labute approximate surface area is 164 Å². The first-order valence-electron chi connectivity index (χ1n) is 7.78. The molecule has 3 rings (SSSR count). The van der Waals surface area contributed by atoms with Gasteiger partial charge in [-0.25, -0.2) is 0 Å². The molecule has 1 aliphatic rings. The van der Waals surface area contributed by atoms with Gasteiger partial charge < -0.3 is 10.2 Å². The molecule has 2 aromatic rings. The molecule has 0 aliphatic carbocycles. The van der Waals surface area contributed by atoms with Gasteiger partial charge in [0.2, 0.25) is 0 Å². The molecular formula is C18H14ClN3O4S. The van der Waals surface area contributed by atoms with Crippen LogP contribution in [0.5, 0.6) is 5.75 Å². The number of pyridine rings is 1. The average molecular weight is 404 g/mol. The number of amides is 2. The molecule has 0 radical (unpaired) electrons. The van der Waals surface area contributed by atoms with Gasteiger partial charge in [-0.1, -0.05) is 11.6 Å². The Morgan fingerprint density at radius 3 is 2.59 bits per heavy atom. The molecule has 0 saturated carbocycles. The van der Waals surface area contributed by atoms with Crippen molar-refractivity contribution in [2.45, 2.75) is 13.5 Å². The SMILES string of the molecule is Cc1ncc(CO)c(/C=C2/C(=O)NC(=S)N(c3ccc(Cl)cc3)C2=O)c1O. The average Bonchev–Trinajstić information content (AvgIpc) is 2.63. The standard InChI is InChI=1S/C18H14ClN3O4S/c1-9-15(24)13(10(8-23)7-20-9)6-14-16(25)21-18(27)22(17(14)26)12-4-2-11(19)3-5-12/h2-7,23-24H,8H2,1H3,(H,21,25,27)/b14-6-. The molecule has 1 aliphatic heterocycles. The lowest BCUT2D eigenvalue weighted by Gasteiger charge is -2.29. The third kappa shape index (κ3) is 3.55. The first-order chi connectivity index (χ1) is 12.8. The van der Waals surface area contributed by atoms with E-state index in [1.807, 2.05) is 0 Å². The molecule has 0 unspecified atom stereocenters. The lowest BCUT2D eigenvalue weighted by Crippen LogP contribution is -2.54. The number of benzene rings is 1. The van der Waals surface area contributed by atoms with Crippen LogP contribution in [0.3, 0.4) is 0 Å². The van der Waals surface area contributed by atoms with E-state index in [1.165, 1.54) is 12.3 Å². The molecule has 7 nitrogen and oxygen atoms in total. The van der Waals surface area contributed by atoms with Crippen LogP contribution >= 0.6 is 23.8 Å². The van der Waals surface area contributed by atoms with Crippen LogP contribution in [0.2, 0.25) is 5.02 Å². The van der Waals surface area contributed by atoms with Crippen molar-refractivity contribution in [1.82, 2.24) is 10.3 Å². The van der Waals surface area contributed by atoms with Gasteiger partial charge in [-0.3, -0.25) is 24.8 Å². The number of nitrogens with one attached hydrogen (secondary N) is 1. The zero-order chi connectivity index (χ0) is 19.7. The summed E-state index contributed by atoms with van der Waals surface area (Å²) in [5.74, 6) is -1.59. The predicted molar refractivity (Wildman–Crippen MR) is 104 cm³/mol. The van der Waals surface area contributed by atoms with Crippen LogP contribution in [-0.2, 0) is 16.2 Å². The molecule has 3 N–H and O–H groups in total. The molecule has 2 heterocycles. The van der Waals surface area contributed by atoms with E-state index in [0.717, 1.165) is 4.90 Å². The minimum absolute atomic E-state index is 0.0676. The summed E-state index contributed by atoms with van der Waals surface area (Å²) in [7, 11) is 0. The van der Waals surface area contributed by atoms with Crippen LogP contribution in [0, 0.1) is 6.92 Å². The Bertz CT molecular complexity index is 989. The van der Waals surface area contributed by atoms with Gasteiger partial charge in [-0.2, -0.15) is 0 Å². The number of nitrogens with zero attached hydrogens (tertiary/aromatic N) is 2. The number of aryl methyl sites for hydroxylation is 1. The number of aliphatic hydroxyl groups excluding tert-OH is 1. The second-order valence-electron chi connectivity index (χ2n) is 5.72.